The predicted molar refractivity (Wildman–Crippen MR) is 148 cm³/mol. The molecule has 0 aromatic heterocycles. The number of aryl methyl sites for hydroxylation is 2. The number of nitrogens with zero attached hydrogens (tertiary/aromatic N) is 2. The molecule has 9 heteroatoms. The number of anilines is 1. The highest BCUT2D eigenvalue weighted by Crippen LogP contribution is 2.23. The van der Waals surface area contributed by atoms with Gasteiger partial charge in [0.1, 0.15) is 18.4 Å². The average Bonchev–Trinajstić information content (AvgIpc) is 2.85. The first-order valence-corrected chi connectivity index (χ1v) is 14.2. The zero-order valence-corrected chi connectivity index (χ0v) is 23.0. The van der Waals surface area contributed by atoms with E-state index in [0.29, 0.717) is 12.2 Å². The second-order valence-electron chi connectivity index (χ2n) is 9.33. The fourth-order valence-electron chi connectivity index (χ4n) is 4.36. The lowest BCUT2D eigenvalue weighted by molar-refractivity contribution is -0.140. The lowest BCUT2D eigenvalue weighted by atomic mass is 10.0. The number of carbonyl (C=O) groups is 2. The number of halogens is 1. The molecule has 0 aliphatic rings. The number of carbonyl (C=O) groups excluding carboxylic acids is 2. The van der Waals surface area contributed by atoms with Gasteiger partial charge in [0.2, 0.25) is 21.8 Å². The number of hydrogen-bond acceptors (Lipinski definition) is 4. The van der Waals surface area contributed by atoms with E-state index in [0.717, 1.165) is 27.3 Å². The smallest absolute Gasteiger partial charge is 0.244 e. The van der Waals surface area contributed by atoms with Gasteiger partial charge >= 0.3 is 0 Å². The van der Waals surface area contributed by atoms with Gasteiger partial charge in [0, 0.05) is 25.1 Å². The van der Waals surface area contributed by atoms with Gasteiger partial charge in [-0.1, -0.05) is 54.6 Å². The lowest BCUT2D eigenvalue weighted by Gasteiger charge is -2.33. The maximum atomic E-state index is 14.7. The van der Waals surface area contributed by atoms with Crippen LogP contribution in [0.2, 0.25) is 0 Å². The van der Waals surface area contributed by atoms with Gasteiger partial charge in [-0.2, -0.15) is 0 Å². The summed E-state index contributed by atoms with van der Waals surface area (Å²) >= 11 is 0. The summed E-state index contributed by atoms with van der Waals surface area (Å²) < 4.78 is 41.4. The van der Waals surface area contributed by atoms with Gasteiger partial charge in [-0.05, 0) is 55.7 Å². The van der Waals surface area contributed by atoms with Crippen molar-refractivity contribution >= 4 is 27.5 Å². The Morgan fingerprint density at radius 3 is 2.13 bits per heavy atom. The number of amides is 2. The number of nitrogens with one attached hydrogen (secondary N) is 1. The first-order chi connectivity index (χ1) is 18.0. The molecule has 7 nitrogen and oxygen atoms in total. The van der Waals surface area contributed by atoms with Crippen LogP contribution in [0, 0.1) is 19.7 Å². The first kappa shape index (κ1) is 28.8. The zero-order valence-electron chi connectivity index (χ0n) is 22.1. The summed E-state index contributed by atoms with van der Waals surface area (Å²) in [5, 5.41) is 2.77. The van der Waals surface area contributed by atoms with E-state index in [1.165, 1.54) is 11.0 Å². The molecule has 38 heavy (non-hydrogen) atoms. The summed E-state index contributed by atoms with van der Waals surface area (Å²) in [5.74, 6) is -1.54. The monoisotopic (exact) mass is 539 g/mol. The molecule has 202 valence electrons. The fourth-order valence-corrected chi connectivity index (χ4v) is 5.20. The third kappa shape index (κ3) is 7.64. The maximum absolute atomic E-state index is 14.7. The van der Waals surface area contributed by atoms with E-state index in [-0.39, 0.29) is 18.5 Å². The first-order valence-electron chi connectivity index (χ1n) is 12.4. The number of hydrogen-bond donors (Lipinski definition) is 1. The number of likely N-dealkylation sites (N-methyl/N-ethyl adjacent to an activating group) is 1. The van der Waals surface area contributed by atoms with Crippen molar-refractivity contribution in [3.8, 4) is 0 Å². The Hall–Kier alpha value is -3.72. The molecule has 3 rings (SSSR count). The minimum absolute atomic E-state index is 0.176. The fraction of sp³-hybridized carbons (Fsp3) is 0.310. The van der Waals surface area contributed by atoms with Crippen LogP contribution in [0.3, 0.4) is 0 Å². The van der Waals surface area contributed by atoms with Gasteiger partial charge < -0.3 is 10.2 Å². The van der Waals surface area contributed by atoms with Crippen LogP contribution in [0.25, 0.3) is 0 Å². The number of sulfonamides is 1. The SMILES string of the molecule is CCNC(=O)C(Cc1ccccc1)N(Cc1ccccc1F)C(=O)CN(c1cc(C)cc(C)c1)S(C)(=O)=O. The molecule has 0 spiro atoms. The molecule has 0 heterocycles. The van der Waals surface area contributed by atoms with Crippen LogP contribution in [0.4, 0.5) is 10.1 Å². The van der Waals surface area contributed by atoms with Crippen molar-refractivity contribution in [3.63, 3.8) is 0 Å². The molecule has 0 fully saturated rings. The Morgan fingerprint density at radius 2 is 1.55 bits per heavy atom. The maximum Gasteiger partial charge on any atom is 0.244 e. The van der Waals surface area contributed by atoms with Crippen LogP contribution < -0.4 is 9.62 Å². The molecule has 0 saturated carbocycles. The van der Waals surface area contributed by atoms with E-state index < -0.39 is 40.2 Å². The second kappa shape index (κ2) is 12.7. The minimum Gasteiger partial charge on any atom is -0.355 e. The lowest BCUT2D eigenvalue weighted by Crippen LogP contribution is -2.53. The minimum atomic E-state index is -3.86. The van der Waals surface area contributed by atoms with Crippen molar-refractivity contribution in [2.45, 2.75) is 39.8 Å². The highest BCUT2D eigenvalue weighted by molar-refractivity contribution is 7.92. The molecular weight excluding hydrogens is 505 g/mol. The molecule has 1 atom stereocenters. The van der Waals surface area contributed by atoms with Gasteiger partial charge in [0.05, 0.1) is 11.9 Å². The average molecular weight is 540 g/mol. The Balaban J connectivity index is 2.07. The molecule has 1 N–H and O–H groups in total. The molecule has 0 bridgehead atoms. The van der Waals surface area contributed by atoms with E-state index in [1.54, 1.807) is 37.3 Å². The quantitative estimate of drug-likeness (QED) is 0.399. The molecular formula is C29H34FN3O4S. The van der Waals surface area contributed by atoms with Crippen LogP contribution in [0.15, 0.2) is 72.8 Å². The van der Waals surface area contributed by atoms with Gasteiger partial charge in [0.15, 0.2) is 0 Å². The van der Waals surface area contributed by atoms with Gasteiger partial charge in [-0.3, -0.25) is 13.9 Å². The van der Waals surface area contributed by atoms with Crippen LogP contribution >= 0.6 is 0 Å². The summed E-state index contributed by atoms with van der Waals surface area (Å²) in [6, 6.07) is 19.5. The van der Waals surface area contributed by atoms with Gasteiger partial charge in [-0.15, -0.1) is 0 Å². The third-order valence-corrected chi connectivity index (χ3v) is 7.23. The van der Waals surface area contributed by atoms with Crippen molar-refractivity contribution in [2.75, 3.05) is 23.7 Å². The van der Waals surface area contributed by atoms with Crippen molar-refractivity contribution in [3.05, 3.63) is 101 Å². The molecule has 3 aromatic rings. The summed E-state index contributed by atoms with van der Waals surface area (Å²) in [6.45, 7) is 5.05. The van der Waals surface area contributed by atoms with E-state index in [9.17, 15) is 22.4 Å². The highest BCUT2D eigenvalue weighted by Gasteiger charge is 2.33. The summed E-state index contributed by atoms with van der Waals surface area (Å²) in [4.78, 5) is 28.5. The molecule has 3 aromatic carbocycles. The summed E-state index contributed by atoms with van der Waals surface area (Å²) in [7, 11) is -3.86. The molecule has 1 unspecified atom stereocenters. The number of benzene rings is 3. The third-order valence-electron chi connectivity index (χ3n) is 6.09. The Kier molecular flexibility index (Phi) is 9.63. The molecule has 0 radical (unpaired) electrons. The summed E-state index contributed by atoms with van der Waals surface area (Å²) in [6.07, 6.45) is 1.21. The Bertz CT molecular complexity index is 1360. The van der Waals surface area contributed by atoms with Crippen LogP contribution in [-0.4, -0.2) is 50.5 Å². The van der Waals surface area contributed by atoms with E-state index >= 15 is 0 Å². The zero-order chi connectivity index (χ0) is 27.9. The van der Waals surface area contributed by atoms with E-state index in [1.807, 2.05) is 50.2 Å². The van der Waals surface area contributed by atoms with E-state index in [2.05, 4.69) is 5.32 Å². The van der Waals surface area contributed by atoms with Crippen LogP contribution in [0.1, 0.15) is 29.2 Å². The van der Waals surface area contributed by atoms with Crippen LogP contribution in [0.5, 0.6) is 0 Å². The normalized spacial score (nSPS) is 12.0. The van der Waals surface area contributed by atoms with Crippen molar-refractivity contribution in [1.82, 2.24) is 10.2 Å². The standard InChI is InChI=1S/C29H34FN3O4S/c1-5-31-29(35)27(18-23-11-7-6-8-12-23)32(19-24-13-9-10-14-26(24)30)28(34)20-33(38(4,36)37)25-16-21(2)15-22(3)17-25/h6-17,27H,5,18-20H2,1-4H3,(H,31,35). The van der Waals surface area contributed by atoms with Crippen molar-refractivity contribution < 1.29 is 22.4 Å². The van der Waals surface area contributed by atoms with Crippen molar-refractivity contribution in [1.29, 1.82) is 0 Å². The van der Waals surface area contributed by atoms with Gasteiger partial charge in [0.25, 0.3) is 0 Å². The molecule has 0 aliphatic heterocycles. The van der Waals surface area contributed by atoms with E-state index in [4.69, 9.17) is 0 Å². The summed E-state index contributed by atoms with van der Waals surface area (Å²) in [5.41, 5.74) is 3.06. The molecule has 0 aliphatic carbocycles. The topological polar surface area (TPSA) is 86.8 Å². The van der Waals surface area contributed by atoms with Gasteiger partial charge in [-0.25, -0.2) is 12.8 Å². The van der Waals surface area contributed by atoms with Crippen LogP contribution in [-0.2, 0) is 32.6 Å². The number of rotatable bonds is 11. The Morgan fingerprint density at radius 1 is 0.947 bits per heavy atom. The Labute approximate surface area is 224 Å². The predicted octanol–water partition coefficient (Wildman–Crippen LogP) is 3.98. The molecule has 0 saturated heterocycles. The van der Waals surface area contributed by atoms with Crippen molar-refractivity contribution in [2.24, 2.45) is 0 Å². The largest absolute Gasteiger partial charge is 0.355 e. The highest BCUT2D eigenvalue weighted by atomic mass is 32.2. The molecule has 2 amide bonds. The second-order valence-corrected chi connectivity index (χ2v) is 11.2.